The summed E-state index contributed by atoms with van der Waals surface area (Å²) < 4.78 is 23.5. The van der Waals surface area contributed by atoms with Gasteiger partial charge in [0.1, 0.15) is 11.6 Å². The van der Waals surface area contributed by atoms with Gasteiger partial charge >= 0.3 is 0 Å². The second-order valence-corrected chi connectivity index (χ2v) is 5.19. The highest BCUT2D eigenvalue weighted by Gasteiger charge is 2.20. The number of hydrogen-bond donors (Lipinski definition) is 0. The Morgan fingerprint density at radius 2 is 1.79 bits per heavy atom. The summed E-state index contributed by atoms with van der Waals surface area (Å²) in [6.45, 7) is 0.298. The number of carbonyl (C=O) groups is 1. The number of methoxy groups -OCH3 is 1. The van der Waals surface area contributed by atoms with Crippen LogP contribution in [0.15, 0.2) is 71.3 Å². The Morgan fingerprint density at radius 1 is 1.08 bits per heavy atom. The molecule has 0 saturated carbocycles. The van der Waals surface area contributed by atoms with E-state index in [4.69, 9.17) is 9.15 Å². The number of benzene rings is 2. The molecule has 3 rings (SSSR count). The maximum Gasteiger partial charge on any atom is 0.294 e. The Kier molecular flexibility index (Phi) is 4.61. The quantitative estimate of drug-likeness (QED) is 0.703. The molecule has 2 aromatic carbocycles. The number of furan rings is 1. The zero-order valence-electron chi connectivity index (χ0n) is 13.1. The van der Waals surface area contributed by atoms with Crippen LogP contribution >= 0.6 is 0 Å². The van der Waals surface area contributed by atoms with E-state index in [1.807, 2.05) is 0 Å². The lowest BCUT2D eigenvalue weighted by molar-refractivity contribution is 0.0958. The van der Waals surface area contributed by atoms with Gasteiger partial charge in [-0.15, -0.1) is 0 Å². The minimum absolute atomic E-state index is 0.243. The molecule has 0 unspecified atom stereocenters. The average Bonchev–Trinajstić information content (AvgIpc) is 3.15. The second-order valence-electron chi connectivity index (χ2n) is 5.19. The molecule has 0 radical (unpaired) electrons. The minimum Gasteiger partial charge on any atom is -0.497 e. The largest absolute Gasteiger partial charge is 0.497 e. The fourth-order valence-electron chi connectivity index (χ4n) is 2.35. The molecule has 5 heteroatoms. The number of carbonyl (C=O) groups excluding carboxylic acids is 1. The van der Waals surface area contributed by atoms with Gasteiger partial charge in [0.15, 0.2) is 5.76 Å². The molecule has 24 heavy (non-hydrogen) atoms. The van der Waals surface area contributed by atoms with Crippen molar-refractivity contribution >= 4 is 11.6 Å². The van der Waals surface area contributed by atoms with E-state index in [0.29, 0.717) is 18.0 Å². The zero-order chi connectivity index (χ0) is 16.9. The predicted octanol–water partition coefficient (Wildman–Crippen LogP) is 4.27. The fourth-order valence-corrected chi connectivity index (χ4v) is 2.35. The summed E-state index contributed by atoms with van der Waals surface area (Å²) in [5, 5.41) is 0. The van der Waals surface area contributed by atoms with Crippen molar-refractivity contribution in [3.05, 3.63) is 84.1 Å². The first-order chi connectivity index (χ1) is 11.7. The van der Waals surface area contributed by atoms with Crippen LogP contribution in [0.4, 0.5) is 10.1 Å². The number of rotatable bonds is 5. The third-order valence-electron chi connectivity index (χ3n) is 3.62. The zero-order valence-corrected chi connectivity index (χ0v) is 13.1. The standard InChI is InChI=1S/C19H16FNO3/c1-23-17-10-8-16(9-11-17)21(19(22)18-3-2-12-24-18)13-14-4-6-15(20)7-5-14/h2-12H,13H2,1H3. The Bertz CT molecular complexity index is 796. The summed E-state index contributed by atoms with van der Waals surface area (Å²) in [7, 11) is 1.58. The molecular formula is C19H16FNO3. The molecule has 0 atom stereocenters. The van der Waals surface area contributed by atoms with Crippen LogP contribution in [0.3, 0.4) is 0 Å². The van der Waals surface area contributed by atoms with Crippen molar-refractivity contribution in [1.29, 1.82) is 0 Å². The molecule has 0 aliphatic carbocycles. The first kappa shape index (κ1) is 15.8. The van der Waals surface area contributed by atoms with Crippen molar-refractivity contribution in [2.24, 2.45) is 0 Å². The highest BCUT2D eigenvalue weighted by molar-refractivity contribution is 6.04. The first-order valence-corrected chi connectivity index (χ1v) is 7.41. The van der Waals surface area contributed by atoms with Gasteiger partial charge in [-0.25, -0.2) is 4.39 Å². The Labute approximate surface area is 139 Å². The van der Waals surface area contributed by atoms with Gasteiger partial charge in [-0.05, 0) is 54.1 Å². The fraction of sp³-hybridized carbons (Fsp3) is 0.105. The lowest BCUT2D eigenvalue weighted by Gasteiger charge is -2.22. The molecular weight excluding hydrogens is 309 g/mol. The van der Waals surface area contributed by atoms with Crippen LogP contribution < -0.4 is 9.64 Å². The number of halogens is 1. The minimum atomic E-state index is -0.313. The summed E-state index contributed by atoms with van der Waals surface area (Å²) in [5.74, 6) is 0.362. The van der Waals surface area contributed by atoms with Crippen molar-refractivity contribution < 1.29 is 18.3 Å². The van der Waals surface area contributed by atoms with Crippen molar-refractivity contribution in [2.45, 2.75) is 6.54 Å². The summed E-state index contributed by atoms with van der Waals surface area (Å²) in [6, 6.07) is 16.5. The third kappa shape index (κ3) is 3.46. The predicted molar refractivity (Wildman–Crippen MR) is 88.6 cm³/mol. The van der Waals surface area contributed by atoms with E-state index < -0.39 is 0 Å². The van der Waals surface area contributed by atoms with E-state index >= 15 is 0 Å². The molecule has 0 fully saturated rings. The molecule has 1 aromatic heterocycles. The van der Waals surface area contributed by atoms with Crippen molar-refractivity contribution in [2.75, 3.05) is 12.0 Å². The molecule has 0 aliphatic heterocycles. The Hall–Kier alpha value is -3.08. The molecule has 0 bridgehead atoms. The van der Waals surface area contributed by atoms with Crippen LogP contribution in [0.1, 0.15) is 16.1 Å². The number of amides is 1. The van der Waals surface area contributed by atoms with Crippen molar-refractivity contribution in [3.8, 4) is 5.75 Å². The van der Waals surface area contributed by atoms with E-state index in [0.717, 1.165) is 5.56 Å². The summed E-state index contributed by atoms with van der Waals surface area (Å²) in [5.41, 5.74) is 1.51. The van der Waals surface area contributed by atoms with Gasteiger partial charge in [0.25, 0.3) is 5.91 Å². The van der Waals surface area contributed by atoms with E-state index in [-0.39, 0.29) is 17.5 Å². The SMILES string of the molecule is COc1ccc(N(Cc2ccc(F)cc2)C(=O)c2ccco2)cc1. The van der Waals surface area contributed by atoms with Crippen LogP contribution in [-0.2, 0) is 6.54 Å². The molecule has 0 saturated heterocycles. The monoisotopic (exact) mass is 325 g/mol. The van der Waals surface area contributed by atoms with Gasteiger partial charge in [0.2, 0.25) is 0 Å². The second kappa shape index (κ2) is 7.00. The molecule has 0 aliphatic rings. The number of nitrogens with zero attached hydrogens (tertiary/aromatic N) is 1. The summed E-state index contributed by atoms with van der Waals surface area (Å²) >= 11 is 0. The molecule has 0 spiro atoms. The van der Waals surface area contributed by atoms with Gasteiger partial charge in [-0.3, -0.25) is 4.79 Å². The number of anilines is 1. The lowest BCUT2D eigenvalue weighted by atomic mass is 10.1. The highest BCUT2D eigenvalue weighted by atomic mass is 19.1. The molecule has 1 amide bonds. The smallest absolute Gasteiger partial charge is 0.294 e. The first-order valence-electron chi connectivity index (χ1n) is 7.41. The topological polar surface area (TPSA) is 42.7 Å². The van der Waals surface area contributed by atoms with Crippen LogP contribution in [0.25, 0.3) is 0 Å². The van der Waals surface area contributed by atoms with Crippen LogP contribution in [0, 0.1) is 5.82 Å². The number of ether oxygens (including phenoxy) is 1. The summed E-state index contributed by atoms with van der Waals surface area (Å²) in [4.78, 5) is 14.3. The third-order valence-corrected chi connectivity index (χ3v) is 3.62. The Balaban J connectivity index is 1.93. The maximum absolute atomic E-state index is 13.1. The van der Waals surface area contributed by atoms with Crippen molar-refractivity contribution in [1.82, 2.24) is 0 Å². The van der Waals surface area contributed by atoms with E-state index in [1.165, 1.54) is 18.4 Å². The van der Waals surface area contributed by atoms with Crippen LogP contribution in [0.5, 0.6) is 5.75 Å². The van der Waals surface area contributed by atoms with E-state index in [9.17, 15) is 9.18 Å². The van der Waals surface area contributed by atoms with Gasteiger partial charge in [-0.2, -0.15) is 0 Å². The molecule has 3 aromatic rings. The average molecular weight is 325 g/mol. The Morgan fingerprint density at radius 3 is 2.38 bits per heavy atom. The lowest BCUT2D eigenvalue weighted by Crippen LogP contribution is -2.30. The maximum atomic E-state index is 13.1. The molecule has 4 nitrogen and oxygen atoms in total. The van der Waals surface area contributed by atoms with Gasteiger partial charge in [-0.1, -0.05) is 12.1 Å². The van der Waals surface area contributed by atoms with E-state index in [2.05, 4.69) is 0 Å². The van der Waals surface area contributed by atoms with Gasteiger partial charge in [0.05, 0.1) is 19.9 Å². The van der Waals surface area contributed by atoms with E-state index in [1.54, 1.807) is 60.5 Å². The summed E-state index contributed by atoms with van der Waals surface area (Å²) in [6.07, 6.45) is 1.46. The normalized spacial score (nSPS) is 10.4. The molecule has 122 valence electrons. The van der Waals surface area contributed by atoms with Crippen LogP contribution in [0.2, 0.25) is 0 Å². The van der Waals surface area contributed by atoms with Crippen molar-refractivity contribution in [3.63, 3.8) is 0 Å². The molecule has 0 N–H and O–H groups in total. The van der Waals surface area contributed by atoms with Gasteiger partial charge < -0.3 is 14.1 Å². The van der Waals surface area contributed by atoms with Crippen LogP contribution in [-0.4, -0.2) is 13.0 Å². The highest BCUT2D eigenvalue weighted by Crippen LogP contribution is 2.23. The molecule has 1 heterocycles. The van der Waals surface area contributed by atoms with Gasteiger partial charge in [0, 0.05) is 5.69 Å². The number of hydrogen-bond acceptors (Lipinski definition) is 3.